The second-order valence-corrected chi connectivity index (χ2v) is 6.91. The summed E-state index contributed by atoms with van der Waals surface area (Å²) >= 11 is 0. The second-order valence-electron chi connectivity index (χ2n) is 6.91. The van der Waals surface area contributed by atoms with Crippen LogP contribution in [0.3, 0.4) is 0 Å². The van der Waals surface area contributed by atoms with E-state index in [1.807, 2.05) is 0 Å². The minimum absolute atomic E-state index is 0.0408. The van der Waals surface area contributed by atoms with E-state index in [9.17, 15) is 0 Å². The summed E-state index contributed by atoms with van der Waals surface area (Å²) in [4.78, 5) is 4.60. The van der Waals surface area contributed by atoms with Crippen molar-refractivity contribution in [3.8, 4) is 0 Å². The largest absolute Gasteiger partial charge is 0.370 e. The number of guanidine groups is 1. The number of hydrogen-bond acceptors (Lipinski definition) is 1. The van der Waals surface area contributed by atoms with Crippen LogP contribution in [0.2, 0.25) is 0 Å². The Bertz CT molecular complexity index is 682. The van der Waals surface area contributed by atoms with Gasteiger partial charge in [-0.3, -0.25) is 0 Å². The summed E-state index contributed by atoms with van der Waals surface area (Å²) in [5, 5.41) is 5.80. The van der Waals surface area contributed by atoms with E-state index in [2.05, 4.69) is 73.5 Å². The number of nitrogens with two attached hydrogens (primary N) is 1. The molecule has 0 spiro atoms. The normalized spacial score (nSPS) is 22.3. The molecule has 21 heavy (non-hydrogen) atoms. The van der Waals surface area contributed by atoms with Gasteiger partial charge in [-0.05, 0) is 43.5 Å². The number of benzene rings is 2. The Morgan fingerprint density at radius 3 is 2.57 bits per heavy atom. The van der Waals surface area contributed by atoms with E-state index in [1.54, 1.807) is 0 Å². The fourth-order valence-corrected chi connectivity index (χ4v) is 2.72. The van der Waals surface area contributed by atoms with E-state index in [0.29, 0.717) is 17.9 Å². The lowest BCUT2D eigenvalue weighted by Crippen LogP contribution is -2.45. The standard InChI is InChI=1S/C18H23N3/c1-18(2,3)21-17(19)20-16-11-15(16)14-9-8-12-6-4-5-7-13(12)10-14/h4-10,15-16H,11H2,1-3H3,(H3,19,20,21)/t15-,16+/m0/s1. The molecule has 3 heteroatoms. The Kier molecular flexibility index (Phi) is 3.36. The molecule has 1 aliphatic carbocycles. The SMILES string of the molecule is CC(C)(C)NC(N)=N[C@@H]1C[C@H]1c1ccc2ccccc2c1. The molecule has 0 bridgehead atoms. The molecule has 110 valence electrons. The van der Waals surface area contributed by atoms with Crippen molar-refractivity contribution in [3.05, 3.63) is 48.0 Å². The highest BCUT2D eigenvalue weighted by molar-refractivity contribution is 5.83. The summed E-state index contributed by atoms with van der Waals surface area (Å²) in [6.45, 7) is 6.26. The first kappa shape index (κ1) is 13.9. The third-order valence-electron chi connectivity index (χ3n) is 3.77. The van der Waals surface area contributed by atoms with Crippen LogP contribution in [-0.2, 0) is 0 Å². The predicted octanol–water partition coefficient (Wildman–Crippen LogP) is 3.40. The smallest absolute Gasteiger partial charge is 0.189 e. The molecule has 0 heterocycles. The van der Waals surface area contributed by atoms with E-state index in [-0.39, 0.29) is 5.54 Å². The second kappa shape index (κ2) is 5.06. The fourth-order valence-electron chi connectivity index (χ4n) is 2.72. The Balaban J connectivity index is 1.73. The van der Waals surface area contributed by atoms with Gasteiger partial charge in [-0.2, -0.15) is 0 Å². The first-order chi connectivity index (χ1) is 9.92. The van der Waals surface area contributed by atoms with Crippen LogP contribution >= 0.6 is 0 Å². The zero-order valence-electron chi connectivity index (χ0n) is 12.9. The number of nitrogens with zero attached hydrogens (tertiary/aromatic N) is 1. The van der Waals surface area contributed by atoms with Gasteiger partial charge in [0.05, 0.1) is 6.04 Å². The molecule has 2 aromatic carbocycles. The minimum atomic E-state index is -0.0408. The monoisotopic (exact) mass is 281 g/mol. The van der Waals surface area contributed by atoms with E-state index in [1.165, 1.54) is 16.3 Å². The van der Waals surface area contributed by atoms with E-state index in [4.69, 9.17) is 5.73 Å². The Morgan fingerprint density at radius 1 is 1.14 bits per heavy atom. The van der Waals surface area contributed by atoms with E-state index < -0.39 is 0 Å². The zero-order chi connectivity index (χ0) is 15.0. The molecule has 1 aliphatic rings. The minimum Gasteiger partial charge on any atom is -0.370 e. The molecule has 1 saturated carbocycles. The van der Waals surface area contributed by atoms with Gasteiger partial charge in [0.1, 0.15) is 0 Å². The molecule has 0 radical (unpaired) electrons. The molecule has 2 aromatic rings. The highest BCUT2D eigenvalue weighted by atomic mass is 15.1. The lowest BCUT2D eigenvalue weighted by Gasteiger charge is -2.21. The Labute approximate surface area is 126 Å². The van der Waals surface area contributed by atoms with Crippen LogP contribution in [0.4, 0.5) is 0 Å². The quantitative estimate of drug-likeness (QED) is 0.655. The molecule has 3 nitrogen and oxygen atoms in total. The highest BCUT2D eigenvalue weighted by Crippen LogP contribution is 2.44. The van der Waals surface area contributed by atoms with Crippen LogP contribution in [0, 0.1) is 0 Å². The first-order valence-corrected chi connectivity index (χ1v) is 7.52. The van der Waals surface area contributed by atoms with Crippen LogP contribution in [0.15, 0.2) is 47.5 Å². The predicted molar refractivity (Wildman–Crippen MR) is 89.6 cm³/mol. The van der Waals surface area contributed by atoms with Crippen molar-refractivity contribution < 1.29 is 0 Å². The third kappa shape index (κ3) is 3.35. The average Bonchev–Trinajstić information content (AvgIpc) is 3.15. The molecule has 0 aliphatic heterocycles. The summed E-state index contributed by atoms with van der Waals surface area (Å²) in [6, 6.07) is 15.5. The van der Waals surface area contributed by atoms with Gasteiger partial charge in [0, 0.05) is 11.5 Å². The van der Waals surface area contributed by atoms with Crippen molar-refractivity contribution in [2.45, 2.75) is 44.7 Å². The molecule has 3 N–H and O–H groups in total. The van der Waals surface area contributed by atoms with Crippen molar-refractivity contribution in [1.29, 1.82) is 0 Å². The van der Waals surface area contributed by atoms with E-state index >= 15 is 0 Å². The Hall–Kier alpha value is -2.03. The summed E-state index contributed by atoms with van der Waals surface area (Å²) in [6.07, 6.45) is 1.09. The van der Waals surface area contributed by atoms with Gasteiger partial charge < -0.3 is 11.1 Å². The van der Waals surface area contributed by atoms with Gasteiger partial charge in [0.15, 0.2) is 5.96 Å². The molecular weight excluding hydrogens is 258 g/mol. The molecule has 0 amide bonds. The molecule has 0 aromatic heterocycles. The maximum Gasteiger partial charge on any atom is 0.189 e. The van der Waals surface area contributed by atoms with Crippen LogP contribution in [-0.4, -0.2) is 17.5 Å². The maximum absolute atomic E-state index is 5.97. The summed E-state index contributed by atoms with van der Waals surface area (Å²) in [5.74, 6) is 1.06. The van der Waals surface area contributed by atoms with Gasteiger partial charge in [-0.1, -0.05) is 42.5 Å². The van der Waals surface area contributed by atoms with Crippen molar-refractivity contribution in [2.75, 3.05) is 0 Å². The zero-order valence-corrected chi connectivity index (χ0v) is 12.9. The molecular formula is C18H23N3. The van der Waals surface area contributed by atoms with Gasteiger partial charge in [0.2, 0.25) is 0 Å². The first-order valence-electron chi connectivity index (χ1n) is 7.52. The summed E-state index contributed by atoms with van der Waals surface area (Å²) in [7, 11) is 0. The lowest BCUT2D eigenvalue weighted by molar-refractivity contribution is 0.508. The molecule has 2 atom stereocenters. The summed E-state index contributed by atoms with van der Waals surface area (Å²) < 4.78 is 0. The number of hydrogen-bond donors (Lipinski definition) is 2. The van der Waals surface area contributed by atoms with Gasteiger partial charge in [0.25, 0.3) is 0 Å². The maximum atomic E-state index is 5.97. The van der Waals surface area contributed by atoms with Crippen LogP contribution in [0.25, 0.3) is 10.8 Å². The van der Waals surface area contributed by atoms with Crippen molar-refractivity contribution in [3.63, 3.8) is 0 Å². The van der Waals surface area contributed by atoms with Gasteiger partial charge >= 0.3 is 0 Å². The fraction of sp³-hybridized carbons (Fsp3) is 0.389. The van der Waals surface area contributed by atoms with Crippen LogP contribution in [0.1, 0.15) is 38.7 Å². The van der Waals surface area contributed by atoms with Gasteiger partial charge in [-0.25, -0.2) is 4.99 Å². The molecule has 0 saturated heterocycles. The number of fused-ring (bicyclic) bond motifs is 1. The van der Waals surface area contributed by atoms with E-state index in [0.717, 1.165) is 6.42 Å². The van der Waals surface area contributed by atoms with Crippen LogP contribution in [0.5, 0.6) is 0 Å². The van der Waals surface area contributed by atoms with Crippen molar-refractivity contribution >= 4 is 16.7 Å². The number of aliphatic imine (C=N–C) groups is 1. The molecule has 0 unspecified atom stereocenters. The third-order valence-corrected chi connectivity index (χ3v) is 3.77. The molecule has 3 rings (SSSR count). The lowest BCUT2D eigenvalue weighted by atomic mass is 10.0. The topological polar surface area (TPSA) is 50.4 Å². The van der Waals surface area contributed by atoms with Crippen LogP contribution < -0.4 is 11.1 Å². The number of nitrogens with one attached hydrogen (secondary N) is 1. The summed E-state index contributed by atoms with van der Waals surface area (Å²) in [5.41, 5.74) is 7.30. The van der Waals surface area contributed by atoms with Gasteiger partial charge in [-0.15, -0.1) is 0 Å². The van der Waals surface area contributed by atoms with Crippen molar-refractivity contribution in [2.24, 2.45) is 10.7 Å². The highest BCUT2D eigenvalue weighted by Gasteiger charge is 2.38. The van der Waals surface area contributed by atoms with Crippen molar-refractivity contribution in [1.82, 2.24) is 5.32 Å². The Morgan fingerprint density at radius 2 is 1.86 bits per heavy atom. The average molecular weight is 281 g/mol. The number of rotatable bonds is 2. The molecule has 1 fully saturated rings.